The molecule has 72 valence electrons. The van der Waals surface area contributed by atoms with Crippen molar-refractivity contribution in [3.05, 3.63) is 30.3 Å². The van der Waals surface area contributed by atoms with E-state index in [2.05, 4.69) is 10.3 Å². The fourth-order valence-corrected chi connectivity index (χ4v) is 0.889. The van der Waals surface area contributed by atoms with Gasteiger partial charge in [-0.3, -0.25) is 0 Å². The number of para-hydroxylation sites is 1. The number of hydrogen-bond donors (Lipinski definition) is 1. The topological polar surface area (TPSA) is 57.4 Å². The number of nitrogens with zero attached hydrogens (tertiary/aromatic N) is 2. The van der Waals surface area contributed by atoms with Crippen LogP contribution in [0, 0.1) is 11.5 Å². The maximum absolute atomic E-state index is 8.42. The van der Waals surface area contributed by atoms with E-state index in [-0.39, 0.29) is 6.02 Å². The summed E-state index contributed by atoms with van der Waals surface area (Å²) < 4.78 is 5.31. The third kappa shape index (κ3) is 3.15. The van der Waals surface area contributed by atoms with Crippen LogP contribution >= 0.6 is 0 Å². The molecule has 1 N–H and O–H groups in total. The zero-order chi connectivity index (χ0) is 10.2. The van der Waals surface area contributed by atoms with E-state index >= 15 is 0 Å². The molecule has 0 aliphatic rings. The van der Waals surface area contributed by atoms with E-state index in [1.807, 2.05) is 25.1 Å². The summed E-state index contributed by atoms with van der Waals surface area (Å²) in [5.41, 5.74) is 0. The predicted octanol–water partition coefficient (Wildman–Crippen LogP) is 1.51. The highest BCUT2D eigenvalue weighted by atomic mass is 16.5. The molecule has 0 bridgehead atoms. The van der Waals surface area contributed by atoms with Crippen molar-refractivity contribution in [2.24, 2.45) is 4.99 Å². The van der Waals surface area contributed by atoms with Crippen molar-refractivity contribution in [3.63, 3.8) is 0 Å². The summed E-state index contributed by atoms with van der Waals surface area (Å²) in [4.78, 5) is 3.97. The van der Waals surface area contributed by atoms with Gasteiger partial charge in [0.2, 0.25) is 0 Å². The summed E-state index contributed by atoms with van der Waals surface area (Å²) in [6, 6.07) is 9.41. The highest BCUT2D eigenvalue weighted by Gasteiger charge is 1.99. The quantitative estimate of drug-likeness (QED) is 0.332. The summed E-state index contributed by atoms with van der Waals surface area (Å²) in [6.07, 6.45) is 1.77. The van der Waals surface area contributed by atoms with Gasteiger partial charge in [0.15, 0.2) is 6.19 Å². The molecule has 0 aliphatic heterocycles. The molecule has 0 spiro atoms. The Bertz CT molecular complexity index is 340. The number of ether oxygens (including phenoxy) is 1. The Morgan fingerprint density at radius 2 is 2.21 bits per heavy atom. The van der Waals surface area contributed by atoms with Crippen molar-refractivity contribution in [2.45, 2.75) is 6.92 Å². The summed E-state index contributed by atoms with van der Waals surface area (Å²) in [7, 11) is 0. The van der Waals surface area contributed by atoms with Crippen LogP contribution in [-0.2, 0) is 0 Å². The third-order valence-corrected chi connectivity index (χ3v) is 1.42. The van der Waals surface area contributed by atoms with Crippen molar-refractivity contribution in [1.82, 2.24) is 5.32 Å². The SMILES string of the molecule is CCN=C(NC#N)Oc1ccccc1. The minimum Gasteiger partial charge on any atom is -0.425 e. The van der Waals surface area contributed by atoms with E-state index in [4.69, 9.17) is 10.00 Å². The van der Waals surface area contributed by atoms with E-state index in [0.29, 0.717) is 12.3 Å². The second-order valence-electron chi connectivity index (χ2n) is 2.43. The van der Waals surface area contributed by atoms with Crippen LogP contribution in [0.1, 0.15) is 6.92 Å². The molecule has 1 aromatic rings. The van der Waals surface area contributed by atoms with Crippen LogP contribution < -0.4 is 10.1 Å². The Hall–Kier alpha value is -2.02. The van der Waals surface area contributed by atoms with Crippen molar-refractivity contribution < 1.29 is 4.74 Å². The molecule has 0 radical (unpaired) electrons. The second kappa shape index (κ2) is 5.60. The van der Waals surface area contributed by atoms with Crippen LogP contribution in [0.3, 0.4) is 0 Å². The molecule has 0 atom stereocenters. The molecule has 4 heteroatoms. The van der Waals surface area contributed by atoms with Crippen molar-refractivity contribution in [3.8, 4) is 11.9 Å². The van der Waals surface area contributed by atoms with E-state index in [9.17, 15) is 0 Å². The smallest absolute Gasteiger partial charge is 0.303 e. The Morgan fingerprint density at radius 3 is 2.79 bits per heavy atom. The number of aliphatic imine (C=N–C) groups is 1. The molecule has 0 amide bonds. The summed E-state index contributed by atoms with van der Waals surface area (Å²) in [6.45, 7) is 2.43. The van der Waals surface area contributed by atoms with Crippen molar-refractivity contribution >= 4 is 6.02 Å². The Kier molecular flexibility index (Phi) is 4.02. The van der Waals surface area contributed by atoms with Crippen LogP contribution in [0.5, 0.6) is 5.75 Å². The number of amidine groups is 1. The molecule has 0 aromatic heterocycles. The highest BCUT2D eigenvalue weighted by molar-refractivity contribution is 5.77. The van der Waals surface area contributed by atoms with Crippen LogP contribution in [0.2, 0.25) is 0 Å². The predicted molar refractivity (Wildman–Crippen MR) is 53.8 cm³/mol. The number of rotatable bonds is 2. The fourth-order valence-electron chi connectivity index (χ4n) is 0.889. The minimum atomic E-state index is 0.223. The number of benzene rings is 1. The number of nitriles is 1. The molecule has 1 aromatic carbocycles. The Balaban J connectivity index is 2.66. The first-order valence-corrected chi connectivity index (χ1v) is 4.29. The molecule has 0 unspecified atom stereocenters. The molecular weight excluding hydrogens is 178 g/mol. The molecule has 0 heterocycles. The molecule has 1 rings (SSSR count). The lowest BCUT2D eigenvalue weighted by molar-refractivity contribution is 0.527. The van der Waals surface area contributed by atoms with E-state index in [0.717, 1.165) is 0 Å². The molecule has 0 aliphatic carbocycles. The van der Waals surface area contributed by atoms with Gasteiger partial charge in [0.25, 0.3) is 0 Å². The lowest BCUT2D eigenvalue weighted by atomic mass is 10.3. The minimum absolute atomic E-state index is 0.223. The average molecular weight is 189 g/mol. The number of hydrogen-bond acceptors (Lipinski definition) is 3. The first-order chi connectivity index (χ1) is 6.86. The zero-order valence-corrected chi connectivity index (χ0v) is 7.90. The maximum atomic E-state index is 8.42. The van der Waals surface area contributed by atoms with E-state index < -0.39 is 0 Å². The van der Waals surface area contributed by atoms with E-state index in [1.54, 1.807) is 18.3 Å². The van der Waals surface area contributed by atoms with Crippen LogP contribution in [-0.4, -0.2) is 12.6 Å². The van der Waals surface area contributed by atoms with Gasteiger partial charge in [-0.15, -0.1) is 0 Å². The lowest BCUT2D eigenvalue weighted by Gasteiger charge is -2.05. The molecular formula is C10H11N3O. The van der Waals surface area contributed by atoms with Gasteiger partial charge in [-0.25, -0.2) is 10.3 Å². The zero-order valence-electron chi connectivity index (χ0n) is 7.90. The standard InChI is InChI=1S/C10H11N3O/c1-2-12-10(13-8-11)14-9-6-4-3-5-7-9/h3-7H,2H2,1H3,(H,12,13). The highest BCUT2D eigenvalue weighted by Crippen LogP contribution is 2.07. The maximum Gasteiger partial charge on any atom is 0.303 e. The average Bonchev–Trinajstić information content (AvgIpc) is 2.20. The van der Waals surface area contributed by atoms with Crippen LogP contribution in [0.15, 0.2) is 35.3 Å². The van der Waals surface area contributed by atoms with Gasteiger partial charge >= 0.3 is 6.02 Å². The summed E-state index contributed by atoms with van der Waals surface area (Å²) >= 11 is 0. The van der Waals surface area contributed by atoms with Gasteiger partial charge < -0.3 is 4.74 Å². The molecule has 14 heavy (non-hydrogen) atoms. The van der Waals surface area contributed by atoms with Crippen molar-refractivity contribution in [1.29, 1.82) is 5.26 Å². The first kappa shape index (κ1) is 10.1. The fraction of sp³-hybridized carbons (Fsp3) is 0.200. The molecule has 0 saturated carbocycles. The normalized spacial score (nSPS) is 10.4. The second-order valence-corrected chi connectivity index (χ2v) is 2.43. The van der Waals surface area contributed by atoms with Crippen LogP contribution in [0.4, 0.5) is 0 Å². The largest absolute Gasteiger partial charge is 0.425 e. The van der Waals surface area contributed by atoms with Crippen molar-refractivity contribution in [2.75, 3.05) is 6.54 Å². The monoisotopic (exact) mass is 189 g/mol. The molecule has 0 fully saturated rings. The van der Waals surface area contributed by atoms with Gasteiger partial charge in [-0.05, 0) is 19.1 Å². The first-order valence-electron chi connectivity index (χ1n) is 4.29. The third-order valence-electron chi connectivity index (χ3n) is 1.42. The van der Waals surface area contributed by atoms with E-state index in [1.165, 1.54) is 0 Å². The lowest BCUT2D eigenvalue weighted by Crippen LogP contribution is -2.24. The Morgan fingerprint density at radius 1 is 1.50 bits per heavy atom. The van der Waals surface area contributed by atoms with Gasteiger partial charge in [0.05, 0.1) is 0 Å². The molecule has 4 nitrogen and oxygen atoms in total. The molecule has 0 saturated heterocycles. The summed E-state index contributed by atoms with van der Waals surface area (Å²) in [5.74, 6) is 0.655. The van der Waals surface area contributed by atoms with Gasteiger partial charge in [-0.2, -0.15) is 5.26 Å². The number of nitrogens with one attached hydrogen (secondary N) is 1. The summed E-state index contributed by atoms with van der Waals surface area (Å²) in [5, 5.41) is 10.8. The van der Waals surface area contributed by atoms with Gasteiger partial charge in [0.1, 0.15) is 5.75 Å². The van der Waals surface area contributed by atoms with Gasteiger partial charge in [0, 0.05) is 6.54 Å². The van der Waals surface area contributed by atoms with Gasteiger partial charge in [-0.1, -0.05) is 18.2 Å². The Labute approximate surface area is 82.8 Å². The van der Waals surface area contributed by atoms with Crippen LogP contribution in [0.25, 0.3) is 0 Å².